The topological polar surface area (TPSA) is 65.0 Å². The molecule has 1 aromatic rings. The first-order chi connectivity index (χ1) is 8.67. The van der Waals surface area contributed by atoms with Crippen molar-refractivity contribution >= 4 is 5.97 Å². The predicted octanol–water partition coefficient (Wildman–Crippen LogP) is 1.93. The zero-order valence-electron chi connectivity index (χ0n) is 10.1. The number of carbonyl (C=O) groups is 1. The highest BCUT2D eigenvalue weighted by Gasteiger charge is 2.48. The van der Waals surface area contributed by atoms with Crippen molar-refractivity contribution in [3.8, 4) is 17.2 Å². The zero-order chi connectivity index (χ0) is 12.8. The molecule has 1 aliphatic heterocycles. The Kier molecular flexibility index (Phi) is 2.36. The van der Waals surface area contributed by atoms with E-state index < -0.39 is 11.4 Å². The molecule has 0 unspecified atom stereocenters. The quantitative estimate of drug-likeness (QED) is 0.888. The van der Waals surface area contributed by atoms with Crippen molar-refractivity contribution in [2.24, 2.45) is 0 Å². The van der Waals surface area contributed by atoms with Crippen LogP contribution in [0.5, 0.6) is 17.2 Å². The molecule has 0 amide bonds. The van der Waals surface area contributed by atoms with Gasteiger partial charge in [-0.1, -0.05) is 6.42 Å². The summed E-state index contributed by atoms with van der Waals surface area (Å²) in [5, 5.41) is 9.48. The number of fused-ring (bicyclic) bond motifs is 1. The molecule has 1 heterocycles. The van der Waals surface area contributed by atoms with Crippen LogP contribution in [0.2, 0.25) is 0 Å². The molecule has 5 heteroatoms. The van der Waals surface area contributed by atoms with Gasteiger partial charge >= 0.3 is 5.97 Å². The molecule has 0 atom stereocenters. The van der Waals surface area contributed by atoms with Crippen LogP contribution in [0.3, 0.4) is 0 Å². The van der Waals surface area contributed by atoms with E-state index in [1.54, 1.807) is 12.1 Å². The minimum atomic E-state index is -0.827. The second-order valence-corrected chi connectivity index (χ2v) is 4.65. The summed E-state index contributed by atoms with van der Waals surface area (Å²) in [4.78, 5) is 11.5. The van der Waals surface area contributed by atoms with Gasteiger partial charge in [0.15, 0.2) is 11.5 Å². The van der Waals surface area contributed by atoms with Crippen LogP contribution in [0, 0.1) is 0 Å². The van der Waals surface area contributed by atoms with Crippen LogP contribution in [0.4, 0.5) is 0 Å². The second kappa shape index (κ2) is 3.80. The Morgan fingerprint density at radius 1 is 1.33 bits per heavy atom. The molecule has 1 N–H and O–H groups in total. The Bertz CT molecular complexity index is 504. The van der Waals surface area contributed by atoms with Gasteiger partial charge in [-0.05, 0) is 18.9 Å². The zero-order valence-corrected chi connectivity index (χ0v) is 10.1. The van der Waals surface area contributed by atoms with E-state index >= 15 is 0 Å². The van der Waals surface area contributed by atoms with E-state index in [2.05, 4.69) is 0 Å². The number of benzene rings is 1. The monoisotopic (exact) mass is 250 g/mol. The molecule has 0 saturated heterocycles. The van der Waals surface area contributed by atoms with E-state index in [1.807, 2.05) is 0 Å². The fourth-order valence-corrected chi connectivity index (χ4v) is 2.59. The molecular weight excluding hydrogens is 236 g/mol. The van der Waals surface area contributed by atoms with E-state index in [9.17, 15) is 9.90 Å². The number of rotatable bonds is 3. The maximum atomic E-state index is 11.5. The third-order valence-electron chi connectivity index (χ3n) is 3.83. The van der Waals surface area contributed by atoms with Gasteiger partial charge in [-0.15, -0.1) is 0 Å². The molecule has 0 spiro atoms. The summed E-state index contributed by atoms with van der Waals surface area (Å²) >= 11 is 0. The van der Waals surface area contributed by atoms with Crippen molar-refractivity contribution in [2.75, 3.05) is 13.9 Å². The lowest BCUT2D eigenvalue weighted by Crippen LogP contribution is -2.42. The van der Waals surface area contributed by atoms with E-state index in [1.165, 1.54) is 7.11 Å². The maximum absolute atomic E-state index is 11.5. The molecule has 0 aromatic heterocycles. The first-order valence-electron chi connectivity index (χ1n) is 5.89. The molecular formula is C13H14O5. The summed E-state index contributed by atoms with van der Waals surface area (Å²) in [6.07, 6.45) is 2.20. The van der Waals surface area contributed by atoms with Crippen LogP contribution in [-0.4, -0.2) is 25.0 Å². The smallest absolute Gasteiger partial charge is 0.314 e. The minimum absolute atomic E-state index is 0.169. The fourth-order valence-electron chi connectivity index (χ4n) is 2.59. The lowest BCUT2D eigenvalue weighted by atomic mass is 9.64. The van der Waals surface area contributed by atoms with Crippen molar-refractivity contribution in [3.05, 3.63) is 17.7 Å². The third-order valence-corrected chi connectivity index (χ3v) is 3.83. The summed E-state index contributed by atoms with van der Waals surface area (Å²) in [5.74, 6) is 0.959. The summed E-state index contributed by atoms with van der Waals surface area (Å²) in [6, 6.07) is 3.45. The minimum Gasteiger partial charge on any atom is -0.496 e. The molecule has 0 radical (unpaired) electrons. The van der Waals surface area contributed by atoms with Crippen molar-refractivity contribution in [2.45, 2.75) is 24.7 Å². The predicted molar refractivity (Wildman–Crippen MR) is 62.3 cm³/mol. The highest BCUT2D eigenvalue weighted by molar-refractivity contribution is 5.84. The Balaban J connectivity index is 2.13. The maximum Gasteiger partial charge on any atom is 0.314 e. The Morgan fingerprint density at radius 3 is 2.50 bits per heavy atom. The van der Waals surface area contributed by atoms with Gasteiger partial charge in [0.25, 0.3) is 0 Å². The molecule has 96 valence electrons. The normalized spacial score (nSPS) is 19.2. The standard InChI is InChI=1S/C13H14O5/c1-16-9-6-11-10(17-7-18-11)5-8(9)13(12(14)15)3-2-4-13/h5-6H,2-4,7H2,1H3,(H,14,15). The SMILES string of the molecule is COc1cc2c(cc1C1(C(=O)O)CCC1)OCO2. The molecule has 18 heavy (non-hydrogen) atoms. The average Bonchev–Trinajstić information content (AvgIpc) is 2.72. The van der Waals surface area contributed by atoms with Gasteiger partial charge < -0.3 is 19.3 Å². The summed E-state index contributed by atoms with van der Waals surface area (Å²) in [7, 11) is 1.54. The van der Waals surface area contributed by atoms with Crippen LogP contribution in [0.15, 0.2) is 12.1 Å². The lowest BCUT2D eigenvalue weighted by molar-refractivity contribution is -0.147. The van der Waals surface area contributed by atoms with Gasteiger partial charge in [0.05, 0.1) is 12.5 Å². The van der Waals surface area contributed by atoms with Gasteiger partial charge in [0.1, 0.15) is 5.75 Å². The van der Waals surface area contributed by atoms with Crippen LogP contribution in [0.25, 0.3) is 0 Å². The number of hydrogen-bond acceptors (Lipinski definition) is 4. The van der Waals surface area contributed by atoms with Crippen molar-refractivity contribution < 1.29 is 24.1 Å². The van der Waals surface area contributed by atoms with Gasteiger partial charge in [0, 0.05) is 11.6 Å². The molecule has 3 rings (SSSR count). The molecule has 1 fully saturated rings. The Labute approximate surface area is 104 Å². The summed E-state index contributed by atoms with van der Waals surface area (Å²) < 4.78 is 15.9. The van der Waals surface area contributed by atoms with E-state index in [0.717, 1.165) is 6.42 Å². The fraction of sp³-hybridized carbons (Fsp3) is 0.462. The van der Waals surface area contributed by atoms with E-state index in [0.29, 0.717) is 35.7 Å². The molecule has 1 saturated carbocycles. The summed E-state index contributed by atoms with van der Waals surface area (Å²) in [5.41, 5.74) is -0.139. The van der Waals surface area contributed by atoms with Gasteiger partial charge in [-0.25, -0.2) is 0 Å². The van der Waals surface area contributed by atoms with Crippen molar-refractivity contribution in [1.29, 1.82) is 0 Å². The number of aliphatic carboxylic acids is 1. The number of hydrogen-bond donors (Lipinski definition) is 1. The molecule has 5 nitrogen and oxygen atoms in total. The molecule has 2 aliphatic rings. The number of methoxy groups -OCH3 is 1. The largest absolute Gasteiger partial charge is 0.496 e. The van der Waals surface area contributed by atoms with Crippen LogP contribution >= 0.6 is 0 Å². The van der Waals surface area contributed by atoms with Crippen molar-refractivity contribution in [1.82, 2.24) is 0 Å². The Morgan fingerprint density at radius 2 is 2.00 bits per heavy atom. The molecule has 1 aliphatic carbocycles. The first kappa shape index (κ1) is 11.2. The molecule has 1 aromatic carbocycles. The Hall–Kier alpha value is -1.91. The number of carboxylic acids is 1. The van der Waals surface area contributed by atoms with Crippen LogP contribution < -0.4 is 14.2 Å². The lowest BCUT2D eigenvalue weighted by Gasteiger charge is -2.38. The summed E-state index contributed by atoms with van der Waals surface area (Å²) in [6.45, 7) is 0.169. The second-order valence-electron chi connectivity index (χ2n) is 4.65. The highest BCUT2D eigenvalue weighted by Crippen LogP contribution is 2.50. The van der Waals surface area contributed by atoms with E-state index in [-0.39, 0.29) is 6.79 Å². The number of carboxylic acid groups (broad SMARTS) is 1. The van der Waals surface area contributed by atoms with Gasteiger partial charge in [-0.2, -0.15) is 0 Å². The molecule has 0 bridgehead atoms. The van der Waals surface area contributed by atoms with Crippen LogP contribution in [-0.2, 0) is 10.2 Å². The third kappa shape index (κ3) is 1.36. The van der Waals surface area contributed by atoms with Gasteiger partial charge in [0.2, 0.25) is 6.79 Å². The van der Waals surface area contributed by atoms with Gasteiger partial charge in [-0.3, -0.25) is 4.79 Å². The van der Waals surface area contributed by atoms with Crippen molar-refractivity contribution in [3.63, 3.8) is 0 Å². The number of ether oxygens (including phenoxy) is 3. The van der Waals surface area contributed by atoms with Crippen LogP contribution in [0.1, 0.15) is 24.8 Å². The highest BCUT2D eigenvalue weighted by atomic mass is 16.7. The first-order valence-corrected chi connectivity index (χ1v) is 5.89. The average molecular weight is 250 g/mol. The van der Waals surface area contributed by atoms with E-state index in [4.69, 9.17) is 14.2 Å².